The molecule has 0 aliphatic carbocycles. The van der Waals surface area contributed by atoms with Crippen molar-refractivity contribution in [3.8, 4) is 0 Å². The monoisotopic (exact) mass is 433 g/mol. The number of carbonyl (C=O) groups is 2. The molecular weight excluding hydrogens is 410 g/mol. The SMILES string of the molecule is O=C(Cc1ccc(S(=O)(=O)N2CCCC2)s1)Nc1ccccc1N1CCCC1=O. The molecule has 2 amide bonds. The molecule has 4 rings (SSSR count). The predicted molar refractivity (Wildman–Crippen MR) is 113 cm³/mol. The number of rotatable bonds is 6. The lowest BCUT2D eigenvalue weighted by atomic mass is 10.2. The molecule has 0 bridgehead atoms. The molecule has 0 atom stereocenters. The van der Waals surface area contributed by atoms with Gasteiger partial charge in [-0.25, -0.2) is 8.42 Å². The van der Waals surface area contributed by atoms with Gasteiger partial charge >= 0.3 is 0 Å². The third kappa shape index (κ3) is 4.22. The number of anilines is 2. The molecule has 1 aromatic carbocycles. The largest absolute Gasteiger partial charge is 0.324 e. The molecular formula is C20H23N3O4S2. The van der Waals surface area contributed by atoms with Gasteiger partial charge in [-0.05, 0) is 43.5 Å². The van der Waals surface area contributed by atoms with Gasteiger partial charge in [0.2, 0.25) is 11.8 Å². The van der Waals surface area contributed by atoms with Crippen molar-refractivity contribution in [3.05, 3.63) is 41.3 Å². The van der Waals surface area contributed by atoms with Crippen molar-refractivity contribution < 1.29 is 18.0 Å². The molecule has 1 N–H and O–H groups in total. The van der Waals surface area contributed by atoms with Crippen molar-refractivity contribution in [2.24, 2.45) is 0 Å². The molecule has 2 aromatic rings. The van der Waals surface area contributed by atoms with Gasteiger partial charge in [0.1, 0.15) is 4.21 Å². The van der Waals surface area contributed by atoms with Gasteiger partial charge in [0.15, 0.2) is 0 Å². The molecule has 2 fully saturated rings. The predicted octanol–water partition coefficient (Wildman–Crippen LogP) is 2.84. The van der Waals surface area contributed by atoms with E-state index in [1.165, 1.54) is 4.31 Å². The quantitative estimate of drug-likeness (QED) is 0.759. The van der Waals surface area contributed by atoms with E-state index in [9.17, 15) is 18.0 Å². The van der Waals surface area contributed by atoms with Gasteiger partial charge < -0.3 is 10.2 Å². The van der Waals surface area contributed by atoms with Gasteiger partial charge in [0.05, 0.1) is 17.8 Å². The minimum Gasteiger partial charge on any atom is -0.324 e. The van der Waals surface area contributed by atoms with Crippen LogP contribution < -0.4 is 10.2 Å². The summed E-state index contributed by atoms with van der Waals surface area (Å²) < 4.78 is 27.1. The summed E-state index contributed by atoms with van der Waals surface area (Å²) >= 11 is 1.14. The lowest BCUT2D eigenvalue weighted by Gasteiger charge is -2.19. The maximum absolute atomic E-state index is 12.6. The molecule has 2 aliphatic heterocycles. The Morgan fingerprint density at radius 3 is 2.52 bits per heavy atom. The summed E-state index contributed by atoms with van der Waals surface area (Å²) in [6, 6.07) is 10.5. The number of nitrogens with one attached hydrogen (secondary N) is 1. The number of thiophene rings is 1. The third-order valence-electron chi connectivity index (χ3n) is 5.17. The maximum atomic E-state index is 12.6. The van der Waals surface area contributed by atoms with Crippen LogP contribution in [0.25, 0.3) is 0 Å². The minimum absolute atomic E-state index is 0.0571. The van der Waals surface area contributed by atoms with E-state index in [1.807, 2.05) is 18.2 Å². The lowest BCUT2D eigenvalue weighted by Crippen LogP contribution is -2.27. The first-order valence-electron chi connectivity index (χ1n) is 9.73. The van der Waals surface area contributed by atoms with Gasteiger partial charge in [0.25, 0.3) is 10.0 Å². The van der Waals surface area contributed by atoms with E-state index in [4.69, 9.17) is 0 Å². The van der Waals surface area contributed by atoms with E-state index in [0.717, 1.165) is 30.6 Å². The summed E-state index contributed by atoms with van der Waals surface area (Å²) in [4.78, 5) is 27.0. The fourth-order valence-electron chi connectivity index (χ4n) is 3.72. The average molecular weight is 434 g/mol. The summed E-state index contributed by atoms with van der Waals surface area (Å²) in [5.74, 6) is -0.183. The van der Waals surface area contributed by atoms with E-state index >= 15 is 0 Å². The highest BCUT2D eigenvalue weighted by Gasteiger charge is 2.29. The van der Waals surface area contributed by atoms with Crippen molar-refractivity contribution in [2.45, 2.75) is 36.3 Å². The number of hydrogen-bond donors (Lipinski definition) is 1. The zero-order chi connectivity index (χ0) is 20.4. The first-order chi connectivity index (χ1) is 13.9. The van der Waals surface area contributed by atoms with Crippen molar-refractivity contribution in [1.29, 1.82) is 0 Å². The van der Waals surface area contributed by atoms with Crippen LogP contribution in [0, 0.1) is 0 Å². The number of hydrogen-bond acceptors (Lipinski definition) is 5. The molecule has 2 aliphatic rings. The molecule has 0 radical (unpaired) electrons. The Balaban J connectivity index is 1.45. The number of amides is 2. The van der Waals surface area contributed by atoms with Gasteiger partial charge in [-0.2, -0.15) is 4.31 Å². The Hall–Kier alpha value is -2.23. The topological polar surface area (TPSA) is 86.8 Å². The third-order valence-corrected chi connectivity index (χ3v) is 8.62. The second-order valence-electron chi connectivity index (χ2n) is 7.22. The van der Waals surface area contributed by atoms with Crippen molar-refractivity contribution >= 4 is 44.5 Å². The second kappa shape index (κ2) is 8.25. The Labute approximate surface area is 174 Å². The standard InChI is InChI=1S/C20H23N3O4S2/c24-18(21-16-6-1-2-7-17(16)23-13-5-8-19(23)25)14-15-9-10-20(28-15)29(26,27)22-11-3-4-12-22/h1-2,6-7,9-10H,3-5,8,11-14H2,(H,21,24). The highest BCUT2D eigenvalue weighted by molar-refractivity contribution is 7.91. The molecule has 1 aromatic heterocycles. The number of carbonyl (C=O) groups excluding carboxylic acids is 2. The van der Waals surface area contributed by atoms with E-state index in [0.29, 0.717) is 42.3 Å². The average Bonchev–Trinajstić information content (AvgIpc) is 3.44. The normalized spacial score (nSPS) is 17.8. The second-order valence-corrected chi connectivity index (χ2v) is 10.6. The zero-order valence-corrected chi connectivity index (χ0v) is 17.6. The van der Waals surface area contributed by atoms with Gasteiger partial charge in [-0.15, -0.1) is 11.3 Å². The van der Waals surface area contributed by atoms with Gasteiger partial charge in [-0.3, -0.25) is 9.59 Å². The summed E-state index contributed by atoms with van der Waals surface area (Å²) in [5.41, 5.74) is 1.29. The zero-order valence-electron chi connectivity index (χ0n) is 16.0. The fraction of sp³-hybridized carbons (Fsp3) is 0.400. The van der Waals surface area contributed by atoms with Crippen molar-refractivity contribution in [2.75, 3.05) is 29.9 Å². The summed E-state index contributed by atoms with van der Waals surface area (Å²) in [7, 11) is -3.46. The molecule has 7 nitrogen and oxygen atoms in total. The van der Waals surface area contributed by atoms with Crippen LogP contribution in [0.15, 0.2) is 40.6 Å². The number of nitrogens with zero attached hydrogens (tertiary/aromatic N) is 2. The highest BCUT2D eigenvalue weighted by atomic mass is 32.2. The first kappa shape index (κ1) is 20.1. The van der Waals surface area contributed by atoms with E-state index in [1.54, 1.807) is 23.1 Å². The smallest absolute Gasteiger partial charge is 0.252 e. The Kier molecular flexibility index (Phi) is 5.71. The molecule has 0 saturated carbocycles. The summed E-state index contributed by atoms with van der Waals surface area (Å²) in [5, 5.41) is 2.87. The molecule has 9 heteroatoms. The van der Waals surface area contributed by atoms with E-state index < -0.39 is 10.0 Å². The van der Waals surface area contributed by atoms with Crippen LogP contribution in [0.4, 0.5) is 11.4 Å². The Bertz CT molecular complexity index is 1030. The van der Waals surface area contributed by atoms with Crippen LogP contribution in [0.2, 0.25) is 0 Å². The van der Waals surface area contributed by atoms with Gasteiger partial charge in [0, 0.05) is 30.9 Å². The molecule has 0 unspecified atom stereocenters. The Morgan fingerprint density at radius 2 is 1.79 bits per heavy atom. The van der Waals surface area contributed by atoms with E-state index in [-0.39, 0.29) is 22.4 Å². The van der Waals surface area contributed by atoms with Crippen LogP contribution in [0.1, 0.15) is 30.6 Å². The molecule has 29 heavy (non-hydrogen) atoms. The number of para-hydroxylation sites is 2. The highest BCUT2D eigenvalue weighted by Crippen LogP contribution is 2.30. The number of benzene rings is 1. The fourth-order valence-corrected chi connectivity index (χ4v) is 6.74. The molecule has 2 saturated heterocycles. The van der Waals surface area contributed by atoms with Crippen molar-refractivity contribution in [3.63, 3.8) is 0 Å². The molecule has 3 heterocycles. The Morgan fingerprint density at radius 1 is 1.03 bits per heavy atom. The lowest BCUT2D eigenvalue weighted by molar-refractivity contribution is -0.117. The van der Waals surface area contributed by atoms with Crippen LogP contribution in [0.3, 0.4) is 0 Å². The minimum atomic E-state index is -3.46. The van der Waals surface area contributed by atoms with Gasteiger partial charge in [-0.1, -0.05) is 12.1 Å². The summed E-state index contributed by atoms with van der Waals surface area (Å²) in [6.07, 6.45) is 3.19. The molecule has 154 valence electrons. The first-order valence-corrected chi connectivity index (χ1v) is 12.0. The van der Waals surface area contributed by atoms with Crippen LogP contribution in [-0.4, -0.2) is 44.2 Å². The maximum Gasteiger partial charge on any atom is 0.252 e. The summed E-state index contributed by atoms with van der Waals surface area (Å²) in [6.45, 7) is 1.76. The van der Waals surface area contributed by atoms with Crippen molar-refractivity contribution in [1.82, 2.24) is 4.31 Å². The van der Waals surface area contributed by atoms with Crippen LogP contribution >= 0.6 is 11.3 Å². The van der Waals surface area contributed by atoms with E-state index in [2.05, 4.69) is 5.32 Å². The molecule has 0 spiro atoms. The van der Waals surface area contributed by atoms with Crippen LogP contribution in [0.5, 0.6) is 0 Å². The number of sulfonamides is 1. The van der Waals surface area contributed by atoms with Crippen LogP contribution in [-0.2, 0) is 26.0 Å².